The van der Waals surface area contributed by atoms with E-state index in [1.165, 1.54) is 0 Å². The Balaban J connectivity index is 1.46. The molecule has 1 atom stereocenters. The summed E-state index contributed by atoms with van der Waals surface area (Å²) < 4.78 is 16.4. The number of benzene rings is 2. The average Bonchev–Trinajstić information content (AvgIpc) is 2.81. The molecule has 1 aliphatic rings. The molecule has 0 bridgehead atoms. The predicted octanol–water partition coefficient (Wildman–Crippen LogP) is 3.79. The zero-order valence-corrected chi connectivity index (χ0v) is 17.1. The molecular weight excluding hydrogens is 382 g/mol. The van der Waals surface area contributed by atoms with E-state index in [9.17, 15) is 9.59 Å². The topological polar surface area (TPSA) is 73.9 Å². The average molecular weight is 409 g/mol. The maximum Gasteiger partial charge on any atom is 0.309 e. The molecule has 0 aromatic heterocycles. The number of hydrogen-bond donors (Lipinski definition) is 1. The lowest BCUT2D eigenvalue weighted by atomic mass is 9.95. The molecule has 2 aromatic rings. The number of ether oxygens (including phenoxy) is 3. The molecule has 0 radical (unpaired) electrons. The van der Waals surface area contributed by atoms with Crippen LogP contribution in [0.2, 0.25) is 0 Å². The normalized spacial score (nSPS) is 15.3. The molecule has 1 aliphatic carbocycles. The van der Waals surface area contributed by atoms with Crippen molar-refractivity contribution in [2.45, 2.75) is 32.4 Å². The first-order valence-electron chi connectivity index (χ1n) is 10.1. The fourth-order valence-electron chi connectivity index (χ4n) is 3.19. The number of amides is 1. The van der Waals surface area contributed by atoms with E-state index in [4.69, 9.17) is 14.2 Å². The van der Waals surface area contributed by atoms with E-state index in [2.05, 4.69) is 11.4 Å². The van der Waals surface area contributed by atoms with Gasteiger partial charge in [0.2, 0.25) is 0 Å². The fraction of sp³-hybridized carbons (Fsp3) is 0.333. The van der Waals surface area contributed by atoms with E-state index in [-0.39, 0.29) is 24.4 Å². The highest BCUT2D eigenvalue weighted by Gasteiger charge is 2.20. The summed E-state index contributed by atoms with van der Waals surface area (Å²) in [6.45, 7) is 0.474. The van der Waals surface area contributed by atoms with Crippen molar-refractivity contribution in [3.05, 3.63) is 71.8 Å². The van der Waals surface area contributed by atoms with Gasteiger partial charge in [-0.3, -0.25) is 9.59 Å². The third kappa shape index (κ3) is 6.37. The third-order valence-electron chi connectivity index (χ3n) is 4.90. The van der Waals surface area contributed by atoms with Gasteiger partial charge in [0.25, 0.3) is 5.91 Å². The summed E-state index contributed by atoms with van der Waals surface area (Å²) in [4.78, 5) is 24.0. The first-order chi connectivity index (χ1) is 14.7. The van der Waals surface area contributed by atoms with Crippen LogP contribution in [0.15, 0.2) is 60.7 Å². The van der Waals surface area contributed by atoms with Crippen molar-refractivity contribution in [3.63, 3.8) is 0 Å². The van der Waals surface area contributed by atoms with Crippen LogP contribution in [0.1, 0.15) is 30.4 Å². The molecule has 2 aromatic carbocycles. The van der Waals surface area contributed by atoms with E-state index in [0.29, 0.717) is 31.1 Å². The van der Waals surface area contributed by atoms with Gasteiger partial charge in [-0.2, -0.15) is 0 Å². The lowest BCUT2D eigenvalue weighted by molar-refractivity contribution is -0.152. The second-order valence-electron chi connectivity index (χ2n) is 7.13. The van der Waals surface area contributed by atoms with Gasteiger partial charge in [0.1, 0.15) is 6.61 Å². The second kappa shape index (κ2) is 11.0. The summed E-state index contributed by atoms with van der Waals surface area (Å²) in [6, 6.07) is 15.4. The van der Waals surface area contributed by atoms with Crippen LogP contribution in [-0.2, 0) is 27.5 Å². The molecule has 3 rings (SSSR count). The summed E-state index contributed by atoms with van der Waals surface area (Å²) >= 11 is 0. The lowest BCUT2D eigenvalue weighted by Crippen LogP contribution is -2.30. The van der Waals surface area contributed by atoms with E-state index in [1.54, 1.807) is 7.11 Å². The highest BCUT2D eigenvalue weighted by atomic mass is 16.5. The van der Waals surface area contributed by atoms with E-state index < -0.39 is 0 Å². The lowest BCUT2D eigenvalue weighted by Gasteiger charge is -2.16. The number of nitrogens with one attached hydrogen (secondary N) is 1. The fourth-order valence-corrected chi connectivity index (χ4v) is 3.19. The molecule has 1 amide bonds. The summed E-state index contributed by atoms with van der Waals surface area (Å²) in [5, 5.41) is 2.76. The molecule has 158 valence electrons. The highest BCUT2D eigenvalue weighted by molar-refractivity contribution is 5.81. The number of hydrogen-bond acceptors (Lipinski definition) is 5. The Bertz CT molecular complexity index is 878. The SMILES string of the molecule is COc1cc(CNC(=O)COC(=O)[C@H]2CC=CCC2)ccc1OCc1ccccc1. The number of carbonyl (C=O) groups is 2. The van der Waals surface area contributed by atoms with Gasteiger partial charge in [-0.05, 0) is 42.5 Å². The maximum atomic E-state index is 12.0. The van der Waals surface area contributed by atoms with Gasteiger partial charge in [-0.25, -0.2) is 0 Å². The smallest absolute Gasteiger partial charge is 0.309 e. The van der Waals surface area contributed by atoms with Gasteiger partial charge in [-0.15, -0.1) is 0 Å². The van der Waals surface area contributed by atoms with Crippen molar-refractivity contribution in [2.24, 2.45) is 5.92 Å². The first kappa shape index (κ1) is 21.4. The van der Waals surface area contributed by atoms with Crippen LogP contribution in [0.5, 0.6) is 11.5 Å². The molecule has 0 heterocycles. The highest BCUT2D eigenvalue weighted by Crippen LogP contribution is 2.29. The maximum absolute atomic E-state index is 12.0. The summed E-state index contributed by atoms with van der Waals surface area (Å²) in [6.07, 6.45) is 6.37. The van der Waals surface area contributed by atoms with Crippen LogP contribution in [0.4, 0.5) is 0 Å². The number of methoxy groups -OCH3 is 1. The molecule has 30 heavy (non-hydrogen) atoms. The van der Waals surface area contributed by atoms with Crippen molar-refractivity contribution in [1.29, 1.82) is 0 Å². The van der Waals surface area contributed by atoms with Crippen LogP contribution < -0.4 is 14.8 Å². The molecule has 1 N–H and O–H groups in total. The molecule has 0 saturated heterocycles. The third-order valence-corrected chi connectivity index (χ3v) is 4.90. The Morgan fingerprint density at radius 1 is 1.03 bits per heavy atom. The molecule has 6 heteroatoms. The Kier molecular flexibility index (Phi) is 7.89. The van der Waals surface area contributed by atoms with Crippen molar-refractivity contribution >= 4 is 11.9 Å². The van der Waals surface area contributed by atoms with Gasteiger partial charge in [-0.1, -0.05) is 48.6 Å². The molecule has 0 spiro atoms. The van der Waals surface area contributed by atoms with Gasteiger partial charge in [0.05, 0.1) is 13.0 Å². The minimum Gasteiger partial charge on any atom is -0.493 e. The van der Waals surface area contributed by atoms with Crippen LogP contribution in [0.3, 0.4) is 0 Å². The Hall–Kier alpha value is -3.28. The van der Waals surface area contributed by atoms with Crippen molar-refractivity contribution in [1.82, 2.24) is 5.32 Å². The minimum atomic E-state index is -0.335. The molecule has 0 fully saturated rings. The quantitative estimate of drug-likeness (QED) is 0.504. The minimum absolute atomic E-state index is 0.143. The summed E-state index contributed by atoms with van der Waals surface area (Å²) in [7, 11) is 1.58. The number of carbonyl (C=O) groups excluding carboxylic acids is 2. The Morgan fingerprint density at radius 2 is 1.87 bits per heavy atom. The zero-order chi connectivity index (χ0) is 21.2. The van der Waals surface area contributed by atoms with Gasteiger partial charge >= 0.3 is 5.97 Å². The number of allylic oxidation sites excluding steroid dienone is 2. The van der Waals surface area contributed by atoms with E-state index in [0.717, 1.165) is 24.0 Å². The van der Waals surface area contributed by atoms with Crippen LogP contribution in [-0.4, -0.2) is 25.6 Å². The molecule has 0 saturated carbocycles. The molecule has 6 nitrogen and oxygen atoms in total. The van der Waals surface area contributed by atoms with Gasteiger partial charge in [0.15, 0.2) is 18.1 Å². The summed E-state index contributed by atoms with van der Waals surface area (Å²) in [5.41, 5.74) is 1.92. The summed E-state index contributed by atoms with van der Waals surface area (Å²) in [5.74, 6) is 0.436. The van der Waals surface area contributed by atoms with E-state index >= 15 is 0 Å². The predicted molar refractivity (Wildman–Crippen MR) is 113 cm³/mol. The van der Waals surface area contributed by atoms with Crippen LogP contribution in [0.25, 0.3) is 0 Å². The van der Waals surface area contributed by atoms with Gasteiger partial charge in [0, 0.05) is 6.54 Å². The second-order valence-corrected chi connectivity index (χ2v) is 7.13. The number of esters is 1. The van der Waals surface area contributed by atoms with Crippen molar-refractivity contribution < 1.29 is 23.8 Å². The standard InChI is InChI=1S/C24H27NO5/c1-28-22-14-19(12-13-21(22)29-16-18-8-4-2-5-9-18)15-25-23(26)17-30-24(27)20-10-6-3-7-11-20/h2-6,8-9,12-14,20H,7,10-11,15-17H2,1H3,(H,25,26)/t20-/m0/s1. The number of rotatable bonds is 9. The molecule has 0 unspecified atom stereocenters. The van der Waals surface area contributed by atoms with Crippen LogP contribution >= 0.6 is 0 Å². The van der Waals surface area contributed by atoms with Crippen molar-refractivity contribution in [3.8, 4) is 11.5 Å². The molecular formula is C24H27NO5. The Morgan fingerprint density at radius 3 is 2.60 bits per heavy atom. The largest absolute Gasteiger partial charge is 0.493 e. The Labute approximate surface area is 176 Å². The first-order valence-corrected chi connectivity index (χ1v) is 10.1. The van der Waals surface area contributed by atoms with Gasteiger partial charge < -0.3 is 19.5 Å². The van der Waals surface area contributed by atoms with Crippen LogP contribution in [0, 0.1) is 5.92 Å². The van der Waals surface area contributed by atoms with Crippen molar-refractivity contribution in [2.75, 3.05) is 13.7 Å². The monoisotopic (exact) mass is 409 g/mol. The molecule has 0 aliphatic heterocycles. The van der Waals surface area contributed by atoms with E-state index in [1.807, 2.05) is 54.6 Å². The zero-order valence-electron chi connectivity index (χ0n) is 17.1.